The molecule has 1 aromatic rings. The molecular formula is C15H29N5O4. The van der Waals surface area contributed by atoms with Gasteiger partial charge in [0.25, 0.3) is 0 Å². The lowest BCUT2D eigenvalue weighted by atomic mass is 10.0. The van der Waals surface area contributed by atoms with Gasteiger partial charge >= 0.3 is 0 Å². The Balaban J connectivity index is 2.75. The van der Waals surface area contributed by atoms with Crippen molar-refractivity contribution in [3.8, 4) is 0 Å². The van der Waals surface area contributed by atoms with Gasteiger partial charge in [0.2, 0.25) is 0 Å². The summed E-state index contributed by atoms with van der Waals surface area (Å²) in [7, 11) is 5.02. The van der Waals surface area contributed by atoms with Gasteiger partial charge in [-0.25, -0.2) is 0 Å². The second-order valence-electron chi connectivity index (χ2n) is 5.67. The number of likely N-dealkylation sites (N-methyl/N-ethyl adjacent to an activating group) is 3. The van der Waals surface area contributed by atoms with Gasteiger partial charge in [-0.1, -0.05) is 0 Å². The van der Waals surface area contributed by atoms with Gasteiger partial charge in [-0.05, 0) is 21.1 Å². The number of aliphatic hydroxyl groups is 4. The van der Waals surface area contributed by atoms with Crippen molar-refractivity contribution in [1.82, 2.24) is 25.9 Å². The Morgan fingerprint density at radius 2 is 1.71 bits per heavy atom. The molecule has 0 aliphatic heterocycles. The van der Waals surface area contributed by atoms with Crippen LogP contribution >= 0.6 is 0 Å². The molecule has 9 nitrogen and oxygen atoms in total. The van der Waals surface area contributed by atoms with Crippen molar-refractivity contribution >= 4 is 0 Å². The molecule has 0 saturated carbocycles. The third-order valence-corrected chi connectivity index (χ3v) is 3.98. The van der Waals surface area contributed by atoms with E-state index in [-0.39, 0.29) is 13.0 Å². The Kier molecular flexibility index (Phi) is 9.22. The van der Waals surface area contributed by atoms with E-state index in [9.17, 15) is 15.3 Å². The van der Waals surface area contributed by atoms with Gasteiger partial charge in [0.1, 0.15) is 6.10 Å². The van der Waals surface area contributed by atoms with Crippen LogP contribution in [-0.2, 0) is 6.42 Å². The predicted molar refractivity (Wildman–Crippen MR) is 89.4 cm³/mol. The maximum absolute atomic E-state index is 10.4. The first-order valence-electron chi connectivity index (χ1n) is 7.93. The number of nitrogens with one attached hydrogen (secondary N) is 3. The van der Waals surface area contributed by atoms with Crippen molar-refractivity contribution in [2.24, 2.45) is 0 Å². The minimum atomic E-state index is -1.02. The first-order chi connectivity index (χ1) is 11.5. The van der Waals surface area contributed by atoms with Crippen molar-refractivity contribution in [3.05, 3.63) is 23.8 Å². The first kappa shape index (κ1) is 20.8. The number of nitrogens with zero attached hydrogens (tertiary/aromatic N) is 2. The molecule has 0 aromatic carbocycles. The van der Waals surface area contributed by atoms with Crippen molar-refractivity contribution in [3.63, 3.8) is 0 Å². The fourth-order valence-corrected chi connectivity index (χ4v) is 2.47. The van der Waals surface area contributed by atoms with Gasteiger partial charge < -0.3 is 36.4 Å². The predicted octanol–water partition coefficient (Wildman–Crippen LogP) is -2.84. The maximum atomic E-state index is 10.4. The van der Waals surface area contributed by atoms with E-state index in [2.05, 4.69) is 25.9 Å². The fourth-order valence-electron chi connectivity index (χ4n) is 2.47. The summed E-state index contributed by atoms with van der Waals surface area (Å²) < 4.78 is 0. The Morgan fingerprint density at radius 1 is 1.00 bits per heavy atom. The molecule has 1 aromatic heterocycles. The van der Waals surface area contributed by atoms with Crippen LogP contribution in [0.1, 0.15) is 17.5 Å². The minimum absolute atomic E-state index is 0.185. The summed E-state index contributed by atoms with van der Waals surface area (Å²) in [6.07, 6.45) is 0.520. The van der Waals surface area contributed by atoms with Crippen LogP contribution in [0.3, 0.4) is 0 Å². The summed E-state index contributed by atoms with van der Waals surface area (Å²) in [6, 6.07) is -1.03. The van der Waals surface area contributed by atoms with Gasteiger partial charge in [-0.3, -0.25) is 9.97 Å². The van der Waals surface area contributed by atoms with Crippen LogP contribution in [0.15, 0.2) is 12.4 Å². The van der Waals surface area contributed by atoms with E-state index in [0.29, 0.717) is 17.9 Å². The van der Waals surface area contributed by atoms with E-state index in [4.69, 9.17) is 5.11 Å². The minimum Gasteiger partial charge on any atom is -0.395 e. The summed E-state index contributed by atoms with van der Waals surface area (Å²) in [5.74, 6) is 0. The van der Waals surface area contributed by atoms with Gasteiger partial charge in [0.05, 0.1) is 48.5 Å². The molecule has 0 aliphatic carbocycles. The number of hydrogen-bond acceptors (Lipinski definition) is 9. The second-order valence-corrected chi connectivity index (χ2v) is 5.67. The monoisotopic (exact) mass is 343 g/mol. The van der Waals surface area contributed by atoms with Crippen LogP contribution < -0.4 is 16.0 Å². The average Bonchev–Trinajstić information content (AvgIpc) is 2.57. The van der Waals surface area contributed by atoms with E-state index in [1.807, 2.05) is 0 Å². The summed E-state index contributed by atoms with van der Waals surface area (Å²) in [5.41, 5.74) is 0.874. The highest BCUT2D eigenvalue weighted by Gasteiger charge is 2.27. The Morgan fingerprint density at radius 3 is 2.17 bits per heavy atom. The molecule has 1 unspecified atom stereocenters. The third-order valence-electron chi connectivity index (χ3n) is 3.98. The SMILES string of the molecule is CNC[C@H](O)[C@@H](NC)C(O)c1cnc(C[C@H](O)[C@@H](CO)NC)cn1. The summed E-state index contributed by atoms with van der Waals surface area (Å²) >= 11 is 0. The largest absolute Gasteiger partial charge is 0.395 e. The molecule has 5 atom stereocenters. The van der Waals surface area contributed by atoms with E-state index in [0.717, 1.165) is 0 Å². The van der Waals surface area contributed by atoms with Crippen LogP contribution in [0.25, 0.3) is 0 Å². The molecule has 24 heavy (non-hydrogen) atoms. The molecule has 138 valence electrons. The molecule has 7 N–H and O–H groups in total. The summed E-state index contributed by atoms with van der Waals surface area (Å²) in [5, 5.41) is 48.1. The average molecular weight is 343 g/mol. The highest BCUT2D eigenvalue weighted by Crippen LogP contribution is 2.16. The van der Waals surface area contributed by atoms with E-state index < -0.39 is 30.4 Å². The Hall–Kier alpha value is -1.20. The third kappa shape index (κ3) is 5.71. The number of aromatic nitrogens is 2. The van der Waals surface area contributed by atoms with Crippen LogP contribution in [0.4, 0.5) is 0 Å². The van der Waals surface area contributed by atoms with Crippen molar-refractivity contribution in [2.45, 2.75) is 36.8 Å². The standard InChI is InChI=1S/C15H29N5O4/c1-16-7-13(23)14(18-3)15(24)10-6-19-9(5-20-10)4-12(22)11(8-21)17-2/h5-6,11-18,21-24H,4,7-8H2,1-3H3/t11-,12+,13+,14-,15?/m1/s1. The molecular weight excluding hydrogens is 314 g/mol. The van der Waals surface area contributed by atoms with E-state index >= 15 is 0 Å². The van der Waals surface area contributed by atoms with Crippen LogP contribution in [0.5, 0.6) is 0 Å². The molecule has 0 radical (unpaired) electrons. The molecule has 1 rings (SSSR count). The molecule has 9 heteroatoms. The zero-order valence-electron chi connectivity index (χ0n) is 14.3. The van der Waals surface area contributed by atoms with Crippen molar-refractivity contribution < 1.29 is 20.4 Å². The lowest BCUT2D eigenvalue weighted by Gasteiger charge is -2.26. The van der Waals surface area contributed by atoms with Gasteiger partial charge in [-0.15, -0.1) is 0 Å². The zero-order chi connectivity index (χ0) is 18.1. The maximum Gasteiger partial charge on any atom is 0.115 e. The molecule has 0 bridgehead atoms. The van der Waals surface area contributed by atoms with Crippen LogP contribution in [0.2, 0.25) is 0 Å². The highest BCUT2D eigenvalue weighted by atomic mass is 16.3. The van der Waals surface area contributed by atoms with Crippen molar-refractivity contribution in [1.29, 1.82) is 0 Å². The molecule has 0 aliphatic rings. The zero-order valence-corrected chi connectivity index (χ0v) is 14.3. The Bertz CT molecular complexity index is 458. The van der Waals surface area contributed by atoms with Crippen LogP contribution in [-0.4, -0.2) is 89.0 Å². The number of aliphatic hydroxyl groups excluding tert-OH is 4. The lowest BCUT2D eigenvalue weighted by Crippen LogP contribution is -2.47. The summed E-state index contributed by atoms with van der Waals surface area (Å²) in [4.78, 5) is 8.37. The normalized spacial score (nSPS) is 18.0. The highest BCUT2D eigenvalue weighted by molar-refractivity contribution is 5.09. The van der Waals surface area contributed by atoms with E-state index in [1.165, 1.54) is 12.4 Å². The molecule has 0 spiro atoms. The number of rotatable bonds is 11. The molecule has 0 amide bonds. The molecule has 1 heterocycles. The topological polar surface area (TPSA) is 143 Å². The van der Waals surface area contributed by atoms with Gasteiger partial charge in [0.15, 0.2) is 0 Å². The molecule has 0 saturated heterocycles. The number of hydrogen-bond donors (Lipinski definition) is 7. The second kappa shape index (κ2) is 10.6. The van der Waals surface area contributed by atoms with Crippen LogP contribution in [0, 0.1) is 0 Å². The molecule has 0 fully saturated rings. The van der Waals surface area contributed by atoms with Gasteiger partial charge in [0, 0.05) is 19.2 Å². The van der Waals surface area contributed by atoms with E-state index in [1.54, 1.807) is 21.1 Å². The first-order valence-corrected chi connectivity index (χ1v) is 7.93. The smallest absolute Gasteiger partial charge is 0.115 e. The van der Waals surface area contributed by atoms with Crippen molar-refractivity contribution in [2.75, 3.05) is 34.3 Å². The summed E-state index contributed by atoms with van der Waals surface area (Å²) in [6.45, 7) is 0.141. The Labute approximate surface area is 142 Å². The lowest BCUT2D eigenvalue weighted by molar-refractivity contribution is 0.0392. The van der Waals surface area contributed by atoms with Gasteiger partial charge in [-0.2, -0.15) is 0 Å². The fraction of sp³-hybridized carbons (Fsp3) is 0.733. The quantitative estimate of drug-likeness (QED) is 0.226.